The molecule has 0 atom stereocenters. The minimum absolute atomic E-state index is 0.575. The Labute approximate surface area is 174 Å². The van der Waals surface area contributed by atoms with E-state index in [4.69, 9.17) is 4.98 Å². The number of nitrogens with one attached hydrogen (secondary N) is 1. The van der Waals surface area contributed by atoms with Crippen molar-refractivity contribution in [2.75, 3.05) is 5.32 Å². The summed E-state index contributed by atoms with van der Waals surface area (Å²) >= 11 is 7.07. The third-order valence-electron chi connectivity index (χ3n) is 3.95. The van der Waals surface area contributed by atoms with Crippen molar-refractivity contribution in [1.29, 1.82) is 0 Å². The maximum Gasteiger partial charge on any atom is 0.183 e. The van der Waals surface area contributed by atoms with Gasteiger partial charge in [0.2, 0.25) is 0 Å². The molecule has 6 heteroatoms. The third-order valence-corrected chi connectivity index (χ3v) is 5.10. The molecule has 4 aromatic rings. The molecule has 1 aromatic heterocycles. The second-order valence-electron chi connectivity index (χ2n) is 5.81. The Morgan fingerprint density at radius 1 is 0.704 bits per heavy atom. The van der Waals surface area contributed by atoms with Gasteiger partial charge >= 0.3 is 0 Å². The summed E-state index contributed by atoms with van der Waals surface area (Å²) in [6.07, 6.45) is 0. The van der Waals surface area contributed by atoms with Gasteiger partial charge in [0.15, 0.2) is 11.6 Å². The van der Waals surface area contributed by atoms with Gasteiger partial charge in [0.05, 0.1) is 5.69 Å². The molecule has 0 saturated carbocycles. The van der Waals surface area contributed by atoms with E-state index in [-0.39, 0.29) is 0 Å². The molecule has 0 amide bonds. The van der Waals surface area contributed by atoms with E-state index in [0.717, 1.165) is 25.8 Å². The van der Waals surface area contributed by atoms with Crippen molar-refractivity contribution in [2.45, 2.75) is 0 Å². The van der Waals surface area contributed by atoms with E-state index in [0.29, 0.717) is 17.3 Å². The van der Waals surface area contributed by atoms with Crippen molar-refractivity contribution in [1.82, 2.24) is 15.2 Å². The van der Waals surface area contributed by atoms with E-state index in [9.17, 15) is 0 Å². The van der Waals surface area contributed by atoms with Crippen molar-refractivity contribution in [3.63, 3.8) is 0 Å². The molecule has 3 aromatic carbocycles. The van der Waals surface area contributed by atoms with E-state index in [1.807, 2.05) is 78.9 Å². The van der Waals surface area contributed by atoms with Gasteiger partial charge < -0.3 is 5.32 Å². The molecule has 0 unspecified atom stereocenters. The quantitative estimate of drug-likeness (QED) is 0.362. The summed E-state index contributed by atoms with van der Waals surface area (Å²) < 4.78 is 1.92. The second-order valence-corrected chi connectivity index (χ2v) is 7.58. The van der Waals surface area contributed by atoms with Crippen molar-refractivity contribution in [3.05, 3.63) is 87.8 Å². The zero-order chi connectivity index (χ0) is 18.6. The topological polar surface area (TPSA) is 50.7 Å². The summed E-state index contributed by atoms with van der Waals surface area (Å²) in [6.45, 7) is 0. The van der Waals surface area contributed by atoms with Crippen LogP contribution in [-0.2, 0) is 0 Å². The lowest BCUT2D eigenvalue weighted by Gasteiger charge is -2.13. The molecule has 1 N–H and O–H groups in total. The van der Waals surface area contributed by atoms with Crippen molar-refractivity contribution in [2.24, 2.45) is 0 Å². The molecule has 132 valence electrons. The first-order valence-corrected chi connectivity index (χ1v) is 9.87. The molecular weight excluding hydrogens is 468 g/mol. The first-order valence-electron chi connectivity index (χ1n) is 8.28. The molecule has 0 saturated heterocycles. The van der Waals surface area contributed by atoms with E-state index >= 15 is 0 Å². The average Bonchev–Trinajstić information content (AvgIpc) is 2.71. The lowest BCUT2D eigenvalue weighted by molar-refractivity contribution is 0.991. The van der Waals surface area contributed by atoms with Crippen LogP contribution in [0.5, 0.6) is 0 Å². The van der Waals surface area contributed by atoms with Crippen molar-refractivity contribution in [3.8, 4) is 22.6 Å². The van der Waals surface area contributed by atoms with Gasteiger partial charge in [0.25, 0.3) is 0 Å². The fourth-order valence-corrected chi connectivity index (χ4v) is 3.78. The maximum atomic E-state index is 4.76. The highest BCUT2D eigenvalue weighted by atomic mass is 79.9. The standard InChI is InChI=1S/C21H14Br2N4/c22-16-11-12-18(17(23)13-16)24-21-19(14-7-3-1-4-8-14)26-27-20(25-21)15-9-5-2-6-10-15/h1-13H,(H,24,25,27). The predicted molar refractivity (Wildman–Crippen MR) is 116 cm³/mol. The van der Waals surface area contributed by atoms with Gasteiger partial charge in [-0.3, -0.25) is 0 Å². The molecule has 4 nitrogen and oxygen atoms in total. The summed E-state index contributed by atoms with van der Waals surface area (Å²) in [5.74, 6) is 1.23. The largest absolute Gasteiger partial charge is 0.337 e. The summed E-state index contributed by atoms with van der Waals surface area (Å²) in [4.78, 5) is 4.76. The number of anilines is 2. The van der Waals surface area contributed by atoms with Crippen LogP contribution in [0.2, 0.25) is 0 Å². The van der Waals surface area contributed by atoms with Crippen molar-refractivity contribution < 1.29 is 0 Å². The molecule has 0 aliphatic heterocycles. The Balaban J connectivity index is 1.82. The Morgan fingerprint density at radius 3 is 2.04 bits per heavy atom. The maximum absolute atomic E-state index is 4.76. The monoisotopic (exact) mass is 480 g/mol. The highest BCUT2D eigenvalue weighted by molar-refractivity contribution is 9.11. The Morgan fingerprint density at radius 2 is 1.37 bits per heavy atom. The summed E-state index contributed by atoms with van der Waals surface area (Å²) in [5, 5.41) is 12.2. The highest BCUT2D eigenvalue weighted by Crippen LogP contribution is 2.32. The molecule has 27 heavy (non-hydrogen) atoms. The first kappa shape index (κ1) is 17.8. The zero-order valence-electron chi connectivity index (χ0n) is 14.1. The summed E-state index contributed by atoms with van der Waals surface area (Å²) in [7, 11) is 0. The van der Waals surface area contributed by atoms with Gasteiger partial charge in [-0.15, -0.1) is 10.2 Å². The van der Waals surface area contributed by atoms with Crippen LogP contribution in [0.1, 0.15) is 0 Å². The normalized spacial score (nSPS) is 10.6. The third kappa shape index (κ3) is 4.07. The molecule has 0 aliphatic carbocycles. The van der Waals surface area contributed by atoms with Gasteiger partial charge in [-0.2, -0.15) is 0 Å². The average molecular weight is 482 g/mol. The lowest BCUT2D eigenvalue weighted by Crippen LogP contribution is -2.03. The number of aromatic nitrogens is 3. The Kier molecular flexibility index (Phi) is 5.27. The molecule has 0 fully saturated rings. The number of hydrogen-bond donors (Lipinski definition) is 1. The predicted octanol–water partition coefficient (Wildman–Crippen LogP) is 6.47. The smallest absolute Gasteiger partial charge is 0.183 e. The van der Waals surface area contributed by atoms with Crippen molar-refractivity contribution >= 4 is 43.4 Å². The molecule has 0 aliphatic rings. The minimum Gasteiger partial charge on any atom is -0.337 e. The molecule has 0 spiro atoms. The summed E-state index contributed by atoms with van der Waals surface area (Å²) in [5.41, 5.74) is 3.47. The highest BCUT2D eigenvalue weighted by Gasteiger charge is 2.14. The Hall–Kier alpha value is -2.57. The lowest BCUT2D eigenvalue weighted by atomic mass is 10.1. The fourth-order valence-electron chi connectivity index (χ4n) is 2.63. The van der Waals surface area contributed by atoms with Crippen LogP contribution in [0.4, 0.5) is 11.5 Å². The van der Waals surface area contributed by atoms with E-state index in [1.54, 1.807) is 0 Å². The number of rotatable bonds is 4. The van der Waals surface area contributed by atoms with Crippen LogP contribution in [0.25, 0.3) is 22.6 Å². The van der Waals surface area contributed by atoms with E-state index in [2.05, 4.69) is 47.4 Å². The molecular formula is C21H14Br2N4. The Bertz CT molecular complexity index is 1070. The SMILES string of the molecule is Brc1ccc(Nc2nc(-c3ccccc3)nnc2-c2ccccc2)c(Br)c1. The van der Waals surface area contributed by atoms with Crippen LogP contribution in [0.15, 0.2) is 87.8 Å². The van der Waals surface area contributed by atoms with Crippen LogP contribution >= 0.6 is 31.9 Å². The summed E-state index contributed by atoms with van der Waals surface area (Å²) in [6, 6.07) is 25.7. The molecule has 1 heterocycles. The number of hydrogen-bond acceptors (Lipinski definition) is 4. The van der Waals surface area contributed by atoms with Crippen LogP contribution in [0.3, 0.4) is 0 Å². The van der Waals surface area contributed by atoms with Gasteiger partial charge in [-0.05, 0) is 34.1 Å². The van der Waals surface area contributed by atoms with E-state index < -0.39 is 0 Å². The van der Waals surface area contributed by atoms with Crippen LogP contribution < -0.4 is 5.32 Å². The van der Waals surface area contributed by atoms with Gasteiger partial charge in [-0.25, -0.2) is 4.98 Å². The number of benzene rings is 3. The fraction of sp³-hybridized carbons (Fsp3) is 0. The van der Waals surface area contributed by atoms with Crippen LogP contribution in [0, 0.1) is 0 Å². The first-order chi connectivity index (χ1) is 13.2. The van der Waals surface area contributed by atoms with E-state index in [1.165, 1.54) is 0 Å². The molecule has 0 bridgehead atoms. The number of halogens is 2. The molecule has 4 rings (SSSR count). The molecule has 0 radical (unpaired) electrons. The minimum atomic E-state index is 0.575. The van der Waals surface area contributed by atoms with Gasteiger partial charge in [-0.1, -0.05) is 76.6 Å². The number of nitrogens with zero attached hydrogens (tertiary/aromatic N) is 3. The van der Waals surface area contributed by atoms with Crippen LogP contribution in [-0.4, -0.2) is 15.2 Å². The van der Waals surface area contributed by atoms with Gasteiger partial charge in [0, 0.05) is 20.1 Å². The zero-order valence-corrected chi connectivity index (χ0v) is 17.3. The second kappa shape index (κ2) is 7.98. The van der Waals surface area contributed by atoms with Gasteiger partial charge in [0.1, 0.15) is 5.69 Å².